The van der Waals surface area contributed by atoms with E-state index in [-0.39, 0.29) is 18.5 Å². The first-order valence-corrected chi connectivity index (χ1v) is 10.6. The molecule has 4 aromatic rings. The number of carbonyl (C=O) groups excluding carboxylic acids is 1. The maximum atomic E-state index is 12.5. The highest BCUT2D eigenvalue weighted by Gasteiger charge is 2.23. The molecule has 32 heavy (non-hydrogen) atoms. The summed E-state index contributed by atoms with van der Waals surface area (Å²) in [7, 11) is 0. The molecule has 1 aliphatic rings. The number of benzene rings is 1. The molecule has 3 N–H and O–H groups in total. The molecule has 0 radical (unpaired) electrons. The van der Waals surface area contributed by atoms with Crippen LogP contribution in [0.4, 0.5) is 17.3 Å². The predicted octanol–water partition coefficient (Wildman–Crippen LogP) is 2.44. The summed E-state index contributed by atoms with van der Waals surface area (Å²) in [6.45, 7) is 6.97. The number of nitrogens with two attached hydrogens (primary N) is 1. The van der Waals surface area contributed by atoms with Crippen molar-refractivity contribution in [2.45, 2.75) is 39.8 Å². The van der Waals surface area contributed by atoms with Gasteiger partial charge in [0.2, 0.25) is 5.91 Å². The van der Waals surface area contributed by atoms with Crippen molar-refractivity contribution >= 4 is 34.1 Å². The van der Waals surface area contributed by atoms with Gasteiger partial charge in [0, 0.05) is 53.7 Å². The maximum Gasteiger partial charge on any atom is 0.244 e. The van der Waals surface area contributed by atoms with E-state index >= 15 is 0 Å². The Morgan fingerprint density at radius 2 is 1.97 bits per heavy atom. The normalized spacial score (nSPS) is 14.1. The number of nitrogen functional groups attached to an aromatic ring is 1. The quantitative estimate of drug-likeness (QED) is 0.476. The molecule has 0 bridgehead atoms. The number of amides is 1. The Balaban J connectivity index is 1.43. The first-order chi connectivity index (χ1) is 15.4. The lowest BCUT2D eigenvalue weighted by Gasteiger charge is -2.24. The van der Waals surface area contributed by atoms with Crippen LogP contribution in [-0.4, -0.2) is 52.9 Å². The van der Waals surface area contributed by atoms with E-state index in [1.54, 1.807) is 17.2 Å². The van der Waals surface area contributed by atoms with Crippen LogP contribution in [0.25, 0.3) is 16.6 Å². The van der Waals surface area contributed by atoms with Gasteiger partial charge in [-0.3, -0.25) is 9.48 Å². The van der Waals surface area contributed by atoms with E-state index in [2.05, 4.69) is 25.6 Å². The zero-order valence-electron chi connectivity index (χ0n) is 18.3. The molecule has 0 saturated heterocycles. The molecule has 0 unspecified atom stereocenters. The largest absolute Gasteiger partial charge is 0.397 e. The van der Waals surface area contributed by atoms with Crippen molar-refractivity contribution in [2.75, 3.05) is 17.6 Å². The fraction of sp³-hybridized carbons (Fsp3) is 0.318. The summed E-state index contributed by atoms with van der Waals surface area (Å²) in [5.41, 5.74) is 10.3. The third-order valence-electron chi connectivity index (χ3n) is 5.76. The van der Waals surface area contributed by atoms with Gasteiger partial charge in [-0.1, -0.05) is 0 Å². The minimum Gasteiger partial charge on any atom is -0.397 e. The molecule has 1 aromatic carbocycles. The molecule has 4 heterocycles. The average Bonchev–Trinajstić information content (AvgIpc) is 3.29. The lowest BCUT2D eigenvalue weighted by molar-refractivity contribution is -0.133. The van der Waals surface area contributed by atoms with Crippen molar-refractivity contribution in [1.29, 1.82) is 0 Å². The highest BCUT2D eigenvalue weighted by Crippen LogP contribution is 2.26. The van der Waals surface area contributed by atoms with Gasteiger partial charge in [0.25, 0.3) is 0 Å². The first kappa shape index (κ1) is 20.0. The molecule has 0 atom stereocenters. The SMILES string of the molecule is Cc1cncn1-c1cc(N)c2nnc(Nc3cc4n(n3)CC(=O)N(C(C)C)CC4)cc2c1. The molecule has 10 nitrogen and oxygen atoms in total. The number of imidazole rings is 1. The van der Waals surface area contributed by atoms with Gasteiger partial charge in [0.1, 0.15) is 12.1 Å². The standard InChI is InChI=1S/C22H25N9O/c1-13(2)29-5-4-16-9-20(28-31(16)11-21(29)32)25-19-7-15-6-17(30-12-24-10-14(30)3)8-18(23)22(15)27-26-19/h6-10,12-13H,4-5,11,23H2,1-3H3,(H,25,26,28). The van der Waals surface area contributed by atoms with Crippen LogP contribution in [0.5, 0.6) is 0 Å². The minimum atomic E-state index is 0.0803. The second-order valence-electron chi connectivity index (χ2n) is 8.34. The highest BCUT2D eigenvalue weighted by molar-refractivity contribution is 5.92. The number of nitrogens with zero attached hydrogens (tertiary/aromatic N) is 7. The van der Waals surface area contributed by atoms with Crippen LogP contribution in [0.3, 0.4) is 0 Å². The third-order valence-corrected chi connectivity index (χ3v) is 5.76. The number of hydrogen-bond acceptors (Lipinski definition) is 7. The number of fused-ring (bicyclic) bond motifs is 2. The van der Waals surface area contributed by atoms with Crippen LogP contribution in [0.15, 0.2) is 36.8 Å². The van der Waals surface area contributed by atoms with Gasteiger partial charge in [-0.05, 0) is 39.0 Å². The Hall–Kier alpha value is -3.95. The van der Waals surface area contributed by atoms with Crippen molar-refractivity contribution in [3.63, 3.8) is 0 Å². The first-order valence-electron chi connectivity index (χ1n) is 10.6. The van der Waals surface area contributed by atoms with Crippen molar-refractivity contribution in [3.8, 4) is 5.69 Å². The Morgan fingerprint density at radius 3 is 2.72 bits per heavy atom. The smallest absolute Gasteiger partial charge is 0.244 e. The van der Waals surface area contributed by atoms with Crippen LogP contribution >= 0.6 is 0 Å². The number of aryl methyl sites for hydroxylation is 1. The fourth-order valence-electron chi connectivity index (χ4n) is 4.11. The number of hydrogen-bond donors (Lipinski definition) is 2. The second kappa shape index (κ2) is 7.63. The van der Waals surface area contributed by atoms with E-state index < -0.39 is 0 Å². The van der Waals surface area contributed by atoms with Crippen LogP contribution in [-0.2, 0) is 17.8 Å². The van der Waals surface area contributed by atoms with Crippen LogP contribution in [0, 0.1) is 6.92 Å². The van der Waals surface area contributed by atoms with E-state index in [0.29, 0.717) is 29.4 Å². The predicted molar refractivity (Wildman–Crippen MR) is 122 cm³/mol. The van der Waals surface area contributed by atoms with Gasteiger partial charge in [0.05, 0.1) is 12.0 Å². The molecule has 0 saturated carbocycles. The summed E-state index contributed by atoms with van der Waals surface area (Å²) < 4.78 is 3.73. The molecule has 1 aliphatic heterocycles. The number of carbonyl (C=O) groups is 1. The Kier molecular flexibility index (Phi) is 4.76. The average molecular weight is 432 g/mol. The fourth-order valence-corrected chi connectivity index (χ4v) is 4.11. The molecule has 0 aliphatic carbocycles. The van der Waals surface area contributed by atoms with Gasteiger partial charge < -0.3 is 20.5 Å². The van der Waals surface area contributed by atoms with Gasteiger partial charge in [-0.15, -0.1) is 10.2 Å². The summed E-state index contributed by atoms with van der Waals surface area (Å²) in [5, 5.41) is 17.2. The molecule has 10 heteroatoms. The maximum absolute atomic E-state index is 12.5. The Bertz CT molecular complexity index is 1320. The summed E-state index contributed by atoms with van der Waals surface area (Å²) in [6.07, 6.45) is 4.31. The zero-order chi connectivity index (χ0) is 22.4. The van der Waals surface area contributed by atoms with E-state index in [1.165, 1.54) is 0 Å². The Labute approximate surface area is 185 Å². The molecular weight excluding hydrogens is 406 g/mol. The Morgan fingerprint density at radius 1 is 1.12 bits per heavy atom. The molecular formula is C22H25N9O. The molecule has 0 fully saturated rings. The molecule has 3 aromatic heterocycles. The molecule has 0 spiro atoms. The number of rotatable bonds is 4. The molecule has 1 amide bonds. The van der Waals surface area contributed by atoms with Crippen LogP contribution < -0.4 is 11.1 Å². The summed E-state index contributed by atoms with van der Waals surface area (Å²) in [4.78, 5) is 18.6. The lowest BCUT2D eigenvalue weighted by Crippen LogP contribution is -2.38. The summed E-state index contributed by atoms with van der Waals surface area (Å²) in [5.74, 6) is 1.27. The van der Waals surface area contributed by atoms with Gasteiger partial charge >= 0.3 is 0 Å². The van der Waals surface area contributed by atoms with Crippen molar-refractivity contribution in [1.82, 2.24) is 34.4 Å². The monoisotopic (exact) mass is 431 g/mol. The molecule has 164 valence electrons. The van der Waals surface area contributed by atoms with Gasteiger partial charge in [0.15, 0.2) is 11.6 Å². The van der Waals surface area contributed by atoms with E-state index in [9.17, 15) is 4.79 Å². The van der Waals surface area contributed by atoms with E-state index in [1.807, 2.05) is 54.5 Å². The van der Waals surface area contributed by atoms with Crippen molar-refractivity contribution < 1.29 is 4.79 Å². The van der Waals surface area contributed by atoms with Gasteiger partial charge in [-0.2, -0.15) is 5.10 Å². The zero-order valence-corrected chi connectivity index (χ0v) is 18.3. The third kappa shape index (κ3) is 3.53. The van der Waals surface area contributed by atoms with Crippen molar-refractivity contribution in [3.05, 3.63) is 48.2 Å². The van der Waals surface area contributed by atoms with E-state index in [0.717, 1.165) is 28.9 Å². The van der Waals surface area contributed by atoms with Crippen LogP contribution in [0.2, 0.25) is 0 Å². The summed E-state index contributed by atoms with van der Waals surface area (Å²) in [6, 6.07) is 7.90. The highest BCUT2D eigenvalue weighted by atomic mass is 16.2. The van der Waals surface area contributed by atoms with Crippen molar-refractivity contribution in [2.24, 2.45) is 0 Å². The molecule has 5 rings (SSSR count). The topological polar surface area (TPSA) is 120 Å². The second-order valence-corrected chi connectivity index (χ2v) is 8.34. The minimum absolute atomic E-state index is 0.0803. The lowest BCUT2D eigenvalue weighted by atomic mass is 10.1. The van der Waals surface area contributed by atoms with Gasteiger partial charge in [-0.25, -0.2) is 4.98 Å². The number of anilines is 3. The number of aromatic nitrogens is 6. The van der Waals surface area contributed by atoms with Crippen LogP contribution in [0.1, 0.15) is 25.2 Å². The van der Waals surface area contributed by atoms with E-state index in [4.69, 9.17) is 5.73 Å². The summed E-state index contributed by atoms with van der Waals surface area (Å²) >= 11 is 0. The number of nitrogens with one attached hydrogen (secondary N) is 1.